The van der Waals surface area contributed by atoms with E-state index >= 15 is 0 Å². The lowest BCUT2D eigenvalue weighted by molar-refractivity contribution is -0.406. The molecule has 0 aromatic heterocycles. The van der Waals surface area contributed by atoms with E-state index in [-0.39, 0.29) is 18.6 Å². The zero-order valence-corrected chi connectivity index (χ0v) is 32.2. The molecule has 1 aromatic rings. The first kappa shape index (κ1) is 54.8. The van der Waals surface area contributed by atoms with Crippen LogP contribution >= 0.6 is 0 Å². The Bertz CT molecular complexity index is 1600. The van der Waals surface area contributed by atoms with Gasteiger partial charge in [-0.25, -0.2) is 4.39 Å². The molecule has 0 heterocycles. The largest absolute Gasteiger partial charge is 0.448 e. The van der Waals surface area contributed by atoms with E-state index in [1.54, 1.807) is 0 Å². The van der Waals surface area contributed by atoms with Crippen molar-refractivity contribution >= 4 is 0 Å². The molecule has 28 heteroatoms. The van der Waals surface area contributed by atoms with E-state index in [0.717, 1.165) is 6.92 Å². The molecular weight excluding hydrogens is 934 g/mol. The molecule has 0 spiro atoms. The second kappa shape index (κ2) is 18.3. The number of benzene rings is 1. The summed E-state index contributed by atoms with van der Waals surface area (Å²) in [4.78, 5) is 0. The second-order valence-electron chi connectivity index (χ2n) is 15.2. The molecule has 0 radical (unpaired) electrons. The van der Waals surface area contributed by atoms with Crippen LogP contribution in [0.3, 0.4) is 0 Å². The van der Waals surface area contributed by atoms with E-state index in [1.807, 2.05) is 0 Å². The van der Waals surface area contributed by atoms with Gasteiger partial charge in [-0.1, -0.05) is 26.0 Å². The molecule has 0 amide bonds. The molecule has 2 unspecified atom stereocenters. The molecule has 63 heavy (non-hydrogen) atoms. The highest BCUT2D eigenvalue weighted by molar-refractivity contribution is 5.42. The predicted molar refractivity (Wildman–Crippen MR) is 167 cm³/mol. The monoisotopic (exact) mass is 972 g/mol. The van der Waals surface area contributed by atoms with Gasteiger partial charge in [-0.2, -0.15) is 92.2 Å². The summed E-state index contributed by atoms with van der Waals surface area (Å²) in [6.07, 6.45) is -57.0. The van der Waals surface area contributed by atoms with Gasteiger partial charge in [0.15, 0.2) is 0 Å². The summed E-state index contributed by atoms with van der Waals surface area (Å²) in [7, 11) is 0. The predicted octanol–water partition coefficient (Wildman–Crippen LogP) is 12.0. The van der Waals surface area contributed by atoms with E-state index in [4.69, 9.17) is 9.47 Å². The molecule has 2 N–H and O–H groups in total. The van der Waals surface area contributed by atoms with Crippen molar-refractivity contribution in [2.45, 2.75) is 156 Å². The average molecular weight is 973 g/mol. The molecule has 2 aliphatic rings. The Morgan fingerprint density at radius 3 is 1.06 bits per heavy atom. The highest BCUT2D eigenvalue weighted by atomic mass is 19.4. The standard InChI is InChI=1S/C35H38F22O6/c1-3-17(2)18-12-21(26(31(43,44)45,32(46,47)48)62-15-60-23-8-4-19(5-9-23)25(58,29(37,38)39)30(40,41)42)14-22(13-18)27(33(49,50)51,34(52,53)54)63-16-61-24-10-6-20(7-11-24)28(36,59)35(55,56)57/h12-14,17,19-20,23-24,58-59H,3-11,15-16H2,1-2H3. The van der Waals surface area contributed by atoms with Crippen LogP contribution in [-0.2, 0) is 30.1 Å². The SMILES string of the molecule is CCC(C)c1cc(C(OCOC2CCC(C(O)(F)C(F)(F)F)CC2)(C(F)(F)F)C(F)(F)F)cc(C(OCOC2CCC(C(O)(C(F)(F)F)C(F)(F)F)CC2)(C(F)(F)F)C(F)(F)F)c1. The summed E-state index contributed by atoms with van der Waals surface area (Å²) in [5.74, 6) is -11.0. The fraction of sp³-hybridized carbons (Fsp3) is 0.829. The topological polar surface area (TPSA) is 77.4 Å². The zero-order valence-electron chi connectivity index (χ0n) is 32.2. The Labute approximate surface area is 342 Å². The van der Waals surface area contributed by atoms with Gasteiger partial charge in [0.2, 0.25) is 0 Å². The van der Waals surface area contributed by atoms with Crippen molar-refractivity contribution in [3.05, 3.63) is 34.9 Å². The van der Waals surface area contributed by atoms with Crippen molar-refractivity contribution in [2.24, 2.45) is 11.8 Å². The minimum Gasteiger partial charge on any atom is -0.373 e. The lowest BCUT2D eigenvalue weighted by Crippen LogP contribution is -2.62. The van der Waals surface area contributed by atoms with Crippen LogP contribution in [-0.4, -0.2) is 90.7 Å². The highest BCUT2D eigenvalue weighted by Gasteiger charge is 2.77. The van der Waals surface area contributed by atoms with Crippen LogP contribution in [0.5, 0.6) is 0 Å². The summed E-state index contributed by atoms with van der Waals surface area (Å²) in [5, 5.41) is 18.9. The Kier molecular flexibility index (Phi) is 15.9. The lowest BCUT2D eigenvalue weighted by Gasteiger charge is -2.42. The van der Waals surface area contributed by atoms with Gasteiger partial charge in [0.1, 0.15) is 13.6 Å². The molecule has 3 rings (SSSR count). The third kappa shape index (κ3) is 10.5. The van der Waals surface area contributed by atoms with Gasteiger partial charge in [-0.3, -0.25) is 0 Å². The number of alkyl halides is 22. The quantitative estimate of drug-likeness (QED) is 0.143. The smallest absolute Gasteiger partial charge is 0.373 e. The number of hydrogen-bond acceptors (Lipinski definition) is 6. The van der Waals surface area contributed by atoms with Crippen molar-refractivity contribution in [2.75, 3.05) is 13.6 Å². The van der Waals surface area contributed by atoms with Gasteiger partial charge in [0, 0.05) is 23.0 Å². The van der Waals surface area contributed by atoms with E-state index in [9.17, 15) is 107 Å². The fourth-order valence-corrected chi connectivity index (χ4v) is 7.60. The summed E-state index contributed by atoms with van der Waals surface area (Å²) in [5.41, 5.74) is -22.9. The molecule has 0 bridgehead atoms. The molecule has 2 saturated carbocycles. The van der Waals surface area contributed by atoms with E-state index in [1.165, 1.54) is 6.92 Å². The minimum atomic E-state index is -6.85. The minimum absolute atomic E-state index is 0.0569. The van der Waals surface area contributed by atoms with Crippen molar-refractivity contribution in [1.82, 2.24) is 0 Å². The third-order valence-electron chi connectivity index (χ3n) is 11.4. The summed E-state index contributed by atoms with van der Waals surface area (Å²) in [6.45, 7) is -2.19. The zero-order chi connectivity index (χ0) is 48.8. The Balaban J connectivity index is 2.07. The van der Waals surface area contributed by atoms with Crippen molar-refractivity contribution in [1.29, 1.82) is 0 Å². The molecule has 2 aliphatic carbocycles. The highest BCUT2D eigenvalue weighted by Crippen LogP contribution is 2.58. The number of ether oxygens (including phenoxy) is 4. The number of aliphatic hydroxyl groups is 2. The first-order valence-corrected chi connectivity index (χ1v) is 18.4. The Hall–Kier alpha value is -2.56. The van der Waals surface area contributed by atoms with Gasteiger partial charge in [-0.05, 0) is 75.3 Å². The van der Waals surface area contributed by atoms with Crippen molar-refractivity contribution < 1.29 is 126 Å². The third-order valence-corrected chi connectivity index (χ3v) is 11.4. The molecule has 1 aromatic carbocycles. The number of rotatable bonds is 14. The normalized spacial score (nSPS) is 23.7. The molecule has 368 valence electrons. The number of hydrogen-bond donors (Lipinski definition) is 2. The first-order chi connectivity index (χ1) is 28.2. The van der Waals surface area contributed by atoms with E-state index < -0.39 is 184 Å². The van der Waals surface area contributed by atoms with Crippen LogP contribution in [0.15, 0.2) is 18.2 Å². The Morgan fingerprint density at radius 2 is 0.794 bits per heavy atom. The van der Waals surface area contributed by atoms with Gasteiger partial charge < -0.3 is 29.2 Å². The van der Waals surface area contributed by atoms with Crippen LogP contribution in [0, 0.1) is 11.8 Å². The fourth-order valence-electron chi connectivity index (χ4n) is 7.60. The maximum absolute atomic E-state index is 14.9. The molecule has 0 saturated heterocycles. The van der Waals surface area contributed by atoms with Gasteiger partial charge >= 0.3 is 49.1 Å². The van der Waals surface area contributed by atoms with E-state index in [2.05, 4.69) is 9.47 Å². The first-order valence-electron chi connectivity index (χ1n) is 18.4. The number of halogens is 22. The maximum Gasteiger partial charge on any atom is 0.448 e. The Morgan fingerprint density at radius 1 is 0.476 bits per heavy atom. The van der Waals surface area contributed by atoms with Crippen LogP contribution in [0.1, 0.15) is 94.2 Å². The summed E-state index contributed by atoms with van der Waals surface area (Å²) in [6, 6.07) is -0.949. The molecular formula is C35H38F22O6. The average Bonchev–Trinajstić information content (AvgIpc) is 3.11. The van der Waals surface area contributed by atoms with Gasteiger partial charge in [0.05, 0.1) is 12.2 Å². The van der Waals surface area contributed by atoms with Crippen LogP contribution in [0.25, 0.3) is 0 Å². The maximum atomic E-state index is 14.9. The van der Waals surface area contributed by atoms with Crippen LogP contribution in [0.4, 0.5) is 96.6 Å². The summed E-state index contributed by atoms with van der Waals surface area (Å²) < 4.78 is 329. The van der Waals surface area contributed by atoms with Crippen molar-refractivity contribution in [3.63, 3.8) is 0 Å². The second-order valence-corrected chi connectivity index (χ2v) is 15.2. The summed E-state index contributed by atoms with van der Waals surface area (Å²) >= 11 is 0. The molecule has 2 fully saturated rings. The van der Waals surface area contributed by atoms with Crippen LogP contribution < -0.4 is 0 Å². The molecule has 0 aliphatic heterocycles. The van der Waals surface area contributed by atoms with Crippen molar-refractivity contribution in [3.8, 4) is 0 Å². The van der Waals surface area contributed by atoms with E-state index in [0.29, 0.717) is 0 Å². The van der Waals surface area contributed by atoms with Gasteiger partial charge in [-0.15, -0.1) is 0 Å². The molecule has 2 atom stereocenters. The van der Waals surface area contributed by atoms with Gasteiger partial charge in [0.25, 0.3) is 16.8 Å². The van der Waals surface area contributed by atoms with Crippen LogP contribution in [0.2, 0.25) is 0 Å². The molecule has 6 nitrogen and oxygen atoms in total. The lowest BCUT2D eigenvalue weighted by atomic mass is 9.75.